The van der Waals surface area contributed by atoms with Gasteiger partial charge in [0.05, 0.1) is 11.6 Å². The van der Waals surface area contributed by atoms with Crippen LogP contribution in [0.1, 0.15) is 58.6 Å². The molecular weight excluding hydrogens is 496 g/mol. The quantitative estimate of drug-likeness (QED) is 0.229. The van der Waals surface area contributed by atoms with Crippen LogP contribution in [0.5, 0.6) is 0 Å². The summed E-state index contributed by atoms with van der Waals surface area (Å²) >= 11 is 0. The molecule has 1 unspecified atom stereocenters. The lowest BCUT2D eigenvalue weighted by molar-refractivity contribution is 0.171. The van der Waals surface area contributed by atoms with E-state index in [0.717, 1.165) is 53.7 Å². The molecule has 206 valence electrons. The van der Waals surface area contributed by atoms with Crippen LogP contribution in [-0.4, -0.2) is 36.6 Å². The van der Waals surface area contributed by atoms with Crippen LogP contribution in [0.3, 0.4) is 0 Å². The molecule has 0 saturated carbocycles. The summed E-state index contributed by atoms with van der Waals surface area (Å²) in [5.41, 5.74) is 7.72. The van der Waals surface area contributed by atoms with Crippen molar-refractivity contribution in [2.24, 2.45) is 0 Å². The minimum absolute atomic E-state index is 0.0378. The second kappa shape index (κ2) is 12.4. The molecule has 7 nitrogen and oxygen atoms in total. The molecule has 2 aromatic heterocycles. The lowest BCUT2D eigenvalue weighted by atomic mass is 10.0. The molecule has 5 rings (SSSR count). The van der Waals surface area contributed by atoms with Gasteiger partial charge in [0.2, 0.25) is 0 Å². The van der Waals surface area contributed by atoms with Crippen LogP contribution in [0.4, 0.5) is 0 Å². The number of aryl methyl sites for hydroxylation is 5. The Hall–Kier alpha value is -4.10. The van der Waals surface area contributed by atoms with Crippen molar-refractivity contribution in [3.63, 3.8) is 0 Å². The van der Waals surface area contributed by atoms with Crippen LogP contribution in [0.15, 0.2) is 77.6 Å². The number of tetrazole rings is 1. The molecule has 1 N–H and O–H groups in total. The van der Waals surface area contributed by atoms with Gasteiger partial charge in [-0.2, -0.15) is 0 Å². The van der Waals surface area contributed by atoms with Crippen LogP contribution in [0.2, 0.25) is 0 Å². The van der Waals surface area contributed by atoms with E-state index in [1.165, 1.54) is 22.3 Å². The zero-order chi connectivity index (χ0) is 28.1. The van der Waals surface area contributed by atoms with Gasteiger partial charge in [-0.3, -0.25) is 9.69 Å². The third kappa shape index (κ3) is 6.20. The number of H-pyrrole nitrogens is 1. The van der Waals surface area contributed by atoms with Crippen LogP contribution in [-0.2, 0) is 25.9 Å². The van der Waals surface area contributed by atoms with Gasteiger partial charge in [-0.05, 0) is 90.2 Å². The van der Waals surface area contributed by atoms with E-state index in [1.807, 2.05) is 17.7 Å². The first-order valence-electron chi connectivity index (χ1n) is 14.1. The Kier molecular flexibility index (Phi) is 8.51. The molecule has 0 aliphatic heterocycles. The highest BCUT2D eigenvalue weighted by Crippen LogP contribution is 2.26. The van der Waals surface area contributed by atoms with Crippen molar-refractivity contribution < 1.29 is 0 Å². The summed E-state index contributed by atoms with van der Waals surface area (Å²) in [5.74, 6) is 0.840. The van der Waals surface area contributed by atoms with E-state index < -0.39 is 0 Å². The smallest absolute Gasteiger partial charge is 0.252 e. The fourth-order valence-corrected chi connectivity index (χ4v) is 5.66. The summed E-state index contributed by atoms with van der Waals surface area (Å²) in [4.78, 5) is 18.9. The molecule has 7 heteroatoms. The Balaban J connectivity index is 1.47. The maximum atomic E-state index is 13.3. The Morgan fingerprint density at radius 2 is 1.68 bits per heavy atom. The molecule has 0 aliphatic carbocycles. The summed E-state index contributed by atoms with van der Waals surface area (Å²) in [6, 6.07) is 25.2. The number of nitrogens with one attached hydrogen (secondary N) is 1. The van der Waals surface area contributed by atoms with Crippen LogP contribution in [0, 0.1) is 20.8 Å². The molecular formula is C33H38N6O. The van der Waals surface area contributed by atoms with Crippen LogP contribution < -0.4 is 5.56 Å². The highest BCUT2D eigenvalue weighted by atomic mass is 16.1. The Bertz CT molecular complexity index is 1640. The second-order valence-corrected chi connectivity index (χ2v) is 10.7. The number of benzene rings is 3. The van der Waals surface area contributed by atoms with E-state index in [4.69, 9.17) is 0 Å². The maximum Gasteiger partial charge on any atom is 0.252 e. The molecule has 3 aromatic carbocycles. The van der Waals surface area contributed by atoms with Gasteiger partial charge in [0, 0.05) is 25.2 Å². The number of fused-ring (bicyclic) bond motifs is 1. The fourth-order valence-electron chi connectivity index (χ4n) is 5.66. The van der Waals surface area contributed by atoms with Gasteiger partial charge < -0.3 is 4.98 Å². The predicted octanol–water partition coefficient (Wildman–Crippen LogP) is 5.88. The number of aromatic amines is 1. The normalized spacial score (nSPS) is 12.3. The molecule has 0 fully saturated rings. The first kappa shape index (κ1) is 27.5. The third-order valence-corrected chi connectivity index (χ3v) is 7.81. The molecule has 0 spiro atoms. The van der Waals surface area contributed by atoms with E-state index in [9.17, 15) is 4.79 Å². The van der Waals surface area contributed by atoms with Crippen molar-refractivity contribution >= 4 is 10.9 Å². The lowest BCUT2D eigenvalue weighted by Crippen LogP contribution is -2.34. The van der Waals surface area contributed by atoms with Gasteiger partial charge in [-0.15, -0.1) is 5.10 Å². The number of rotatable bonds is 11. The molecule has 40 heavy (non-hydrogen) atoms. The standard InChI is InChI=1S/C33H38N6O/c1-5-30(32-35-36-37-39(32)18-15-26-12-7-6-8-13-26)38(17-16-27-14-10-9-11-24(27)3)22-29-21-28-20-23(2)19-25(4)31(28)34-33(29)40/h6-14,19-21,30H,5,15-18,22H2,1-4H3,(H,34,40). The fraction of sp³-hybridized carbons (Fsp3) is 0.333. The summed E-state index contributed by atoms with van der Waals surface area (Å²) in [6.45, 7) is 10.4. The molecule has 0 amide bonds. The number of hydrogen-bond donors (Lipinski definition) is 1. The van der Waals surface area contributed by atoms with E-state index >= 15 is 0 Å². The minimum atomic E-state index is -0.0427. The highest BCUT2D eigenvalue weighted by Gasteiger charge is 2.26. The Labute approximate surface area is 235 Å². The number of pyridine rings is 1. The highest BCUT2D eigenvalue weighted by molar-refractivity contribution is 5.82. The van der Waals surface area contributed by atoms with Crippen molar-refractivity contribution in [2.45, 2.75) is 66.1 Å². The van der Waals surface area contributed by atoms with E-state index in [2.05, 4.69) is 113 Å². The number of hydrogen-bond acceptors (Lipinski definition) is 5. The van der Waals surface area contributed by atoms with Crippen LogP contribution >= 0.6 is 0 Å². The van der Waals surface area contributed by atoms with Gasteiger partial charge in [0.25, 0.3) is 5.56 Å². The van der Waals surface area contributed by atoms with Crippen LogP contribution in [0.25, 0.3) is 10.9 Å². The predicted molar refractivity (Wildman–Crippen MR) is 160 cm³/mol. The van der Waals surface area contributed by atoms with Gasteiger partial charge in [0.15, 0.2) is 5.82 Å². The van der Waals surface area contributed by atoms with E-state index in [1.54, 1.807) is 0 Å². The topological polar surface area (TPSA) is 79.7 Å². The van der Waals surface area contributed by atoms with Gasteiger partial charge in [0.1, 0.15) is 0 Å². The summed E-state index contributed by atoms with van der Waals surface area (Å²) in [6.07, 6.45) is 2.54. The Morgan fingerprint density at radius 3 is 2.45 bits per heavy atom. The van der Waals surface area contributed by atoms with Crippen molar-refractivity contribution in [3.8, 4) is 0 Å². The van der Waals surface area contributed by atoms with Gasteiger partial charge >= 0.3 is 0 Å². The van der Waals surface area contributed by atoms with E-state index in [-0.39, 0.29) is 11.6 Å². The lowest BCUT2D eigenvalue weighted by Gasteiger charge is -2.30. The second-order valence-electron chi connectivity index (χ2n) is 10.7. The Morgan fingerprint density at radius 1 is 0.900 bits per heavy atom. The maximum absolute atomic E-state index is 13.3. The first-order valence-corrected chi connectivity index (χ1v) is 14.1. The molecule has 0 saturated heterocycles. The molecule has 1 atom stereocenters. The zero-order valence-electron chi connectivity index (χ0n) is 23.9. The first-order chi connectivity index (χ1) is 19.4. The summed E-state index contributed by atoms with van der Waals surface area (Å²) in [7, 11) is 0. The average molecular weight is 535 g/mol. The molecule has 2 heterocycles. The van der Waals surface area contributed by atoms with Crippen molar-refractivity contribution in [1.29, 1.82) is 0 Å². The minimum Gasteiger partial charge on any atom is -0.321 e. The third-order valence-electron chi connectivity index (χ3n) is 7.81. The van der Waals surface area contributed by atoms with Crippen molar-refractivity contribution in [1.82, 2.24) is 30.1 Å². The molecule has 0 bridgehead atoms. The van der Waals surface area contributed by atoms with Gasteiger partial charge in [-0.1, -0.05) is 73.2 Å². The molecule has 5 aromatic rings. The summed E-state index contributed by atoms with van der Waals surface area (Å²) < 4.78 is 1.93. The zero-order valence-corrected chi connectivity index (χ0v) is 23.9. The summed E-state index contributed by atoms with van der Waals surface area (Å²) in [5, 5.41) is 14.0. The van der Waals surface area contributed by atoms with E-state index in [0.29, 0.717) is 13.1 Å². The van der Waals surface area contributed by atoms with Gasteiger partial charge in [-0.25, -0.2) is 4.68 Å². The SMILES string of the molecule is CCC(c1nnnn1CCc1ccccc1)N(CCc1ccccc1C)Cc1cc2cc(C)cc(C)c2[nH]c1=O. The van der Waals surface area contributed by atoms with Crippen molar-refractivity contribution in [2.75, 3.05) is 6.54 Å². The number of nitrogens with zero attached hydrogens (tertiary/aromatic N) is 5. The molecule has 0 radical (unpaired) electrons. The molecule has 0 aliphatic rings. The van der Waals surface area contributed by atoms with Crippen molar-refractivity contribution in [3.05, 3.63) is 122 Å². The largest absolute Gasteiger partial charge is 0.321 e. The monoisotopic (exact) mass is 534 g/mol. The number of aromatic nitrogens is 5. The average Bonchev–Trinajstić information content (AvgIpc) is 3.41.